The van der Waals surface area contributed by atoms with Crippen molar-refractivity contribution in [2.75, 3.05) is 6.54 Å². The smallest absolute Gasteiger partial charge is 0.408 e. The van der Waals surface area contributed by atoms with Gasteiger partial charge in [-0.25, -0.2) is 4.79 Å². The number of hydrogen-bond acceptors (Lipinski definition) is 4. The molecule has 0 heterocycles. The average molecular weight is 377 g/mol. The Hall–Kier alpha value is -1.50. The summed E-state index contributed by atoms with van der Waals surface area (Å²) in [6.07, 6.45) is -1.68. The monoisotopic (exact) mass is 376 g/mol. The van der Waals surface area contributed by atoms with Gasteiger partial charge in [0.25, 0.3) is 0 Å². The van der Waals surface area contributed by atoms with Gasteiger partial charge in [0.1, 0.15) is 11.6 Å². The molecule has 3 N–H and O–H groups in total. The number of amides is 2. The Labute approximate surface area is 151 Å². The van der Waals surface area contributed by atoms with Crippen molar-refractivity contribution in [2.24, 2.45) is 0 Å². The lowest BCUT2D eigenvalue weighted by molar-refractivity contribution is -0.123. The number of rotatable bonds is 5. The normalized spacial score (nSPS) is 13.8. The van der Waals surface area contributed by atoms with Crippen LogP contribution in [0.5, 0.6) is 0 Å². The van der Waals surface area contributed by atoms with Gasteiger partial charge in [0.05, 0.1) is 6.10 Å². The summed E-state index contributed by atoms with van der Waals surface area (Å²) < 4.78 is 5.07. The maximum absolute atomic E-state index is 12.0. The van der Waals surface area contributed by atoms with Crippen LogP contribution in [0.25, 0.3) is 0 Å². The Morgan fingerprint density at radius 3 is 2.46 bits per heavy atom. The van der Waals surface area contributed by atoms with Crippen molar-refractivity contribution >= 4 is 35.2 Å². The fourth-order valence-corrected chi connectivity index (χ4v) is 2.32. The predicted octanol–water partition coefficient (Wildman–Crippen LogP) is 3.06. The van der Waals surface area contributed by atoms with Crippen molar-refractivity contribution in [3.05, 3.63) is 33.8 Å². The van der Waals surface area contributed by atoms with Gasteiger partial charge in [0.15, 0.2) is 0 Å². The molecule has 24 heavy (non-hydrogen) atoms. The summed E-state index contributed by atoms with van der Waals surface area (Å²) in [5, 5.41) is 15.8. The molecule has 1 rings (SSSR count). The van der Waals surface area contributed by atoms with Gasteiger partial charge >= 0.3 is 6.09 Å². The first kappa shape index (κ1) is 20.5. The Bertz CT molecular complexity index is 602. The second-order valence-corrected chi connectivity index (χ2v) is 7.14. The first-order valence-electron chi connectivity index (χ1n) is 7.40. The summed E-state index contributed by atoms with van der Waals surface area (Å²) >= 11 is 11.8. The van der Waals surface area contributed by atoms with E-state index in [0.29, 0.717) is 15.6 Å². The predicted molar refractivity (Wildman–Crippen MR) is 93.3 cm³/mol. The Kier molecular flexibility index (Phi) is 7.32. The van der Waals surface area contributed by atoms with Crippen LogP contribution in [0.4, 0.5) is 4.79 Å². The minimum absolute atomic E-state index is 0.0550. The van der Waals surface area contributed by atoms with Crippen molar-refractivity contribution in [1.29, 1.82) is 0 Å². The first-order valence-corrected chi connectivity index (χ1v) is 8.15. The van der Waals surface area contributed by atoms with Gasteiger partial charge in [-0.3, -0.25) is 4.79 Å². The summed E-state index contributed by atoms with van der Waals surface area (Å²) in [5.74, 6) is -0.454. The third-order valence-electron chi connectivity index (χ3n) is 2.92. The highest BCUT2D eigenvalue weighted by Gasteiger charge is 2.21. The number of alkyl carbamates (subject to hydrolysis) is 1. The molecular weight excluding hydrogens is 355 g/mol. The molecule has 0 aromatic heterocycles. The van der Waals surface area contributed by atoms with Crippen molar-refractivity contribution in [1.82, 2.24) is 10.6 Å². The van der Waals surface area contributed by atoms with Gasteiger partial charge < -0.3 is 20.5 Å². The minimum Gasteiger partial charge on any atom is -0.444 e. The van der Waals surface area contributed by atoms with Gasteiger partial charge in [0, 0.05) is 22.2 Å². The fraction of sp³-hybridized carbons (Fsp3) is 0.500. The lowest BCUT2D eigenvalue weighted by Crippen LogP contribution is -2.47. The molecule has 1 aromatic carbocycles. The zero-order valence-electron chi connectivity index (χ0n) is 14.0. The number of halogens is 2. The van der Waals surface area contributed by atoms with E-state index in [1.807, 2.05) is 0 Å². The highest BCUT2D eigenvalue weighted by atomic mass is 35.5. The molecule has 2 amide bonds. The van der Waals surface area contributed by atoms with Gasteiger partial charge in [-0.2, -0.15) is 0 Å². The van der Waals surface area contributed by atoms with Crippen molar-refractivity contribution < 1.29 is 19.4 Å². The van der Waals surface area contributed by atoms with E-state index in [4.69, 9.17) is 27.9 Å². The minimum atomic E-state index is -0.993. The number of carbonyl (C=O) groups excluding carboxylic acids is 2. The van der Waals surface area contributed by atoms with Gasteiger partial charge in [-0.1, -0.05) is 29.3 Å². The van der Waals surface area contributed by atoms with Gasteiger partial charge in [0.2, 0.25) is 5.91 Å². The molecule has 0 aliphatic carbocycles. The highest BCUT2D eigenvalue weighted by molar-refractivity contribution is 6.35. The summed E-state index contributed by atoms with van der Waals surface area (Å²) in [6, 6.07) is 3.88. The second kappa shape index (κ2) is 8.55. The number of nitrogens with one attached hydrogen (secondary N) is 2. The van der Waals surface area contributed by atoms with E-state index in [1.165, 1.54) is 13.0 Å². The molecule has 0 spiro atoms. The van der Waals surface area contributed by atoms with Crippen LogP contribution in [-0.4, -0.2) is 35.3 Å². The molecule has 0 bridgehead atoms. The van der Waals surface area contributed by atoms with Crippen molar-refractivity contribution in [3.8, 4) is 0 Å². The standard InChI is InChI=1S/C16H22Cl2N2O4/c1-9(20-15(23)24-16(2,3)4)14(22)19-8-13(21)11-6-5-10(17)7-12(11)18/h5-7,9,13,21H,8H2,1-4H3,(H,19,22)(H,20,23). The molecule has 0 saturated carbocycles. The maximum Gasteiger partial charge on any atom is 0.408 e. The number of aliphatic hydroxyl groups is 1. The number of benzene rings is 1. The fourth-order valence-electron chi connectivity index (χ4n) is 1.78. The van der Waals surface area contributed by atoms with E-state index in [9.17, 15) is 14.7 Å². The molecule has 0 aliphatic rings. The van der Waals surface area contributed by atoms with Crippen molar-refractivity contribution in [2.45, 2.75) is 45.4 Å². The lowest BCUT2D eigenvalue weighted by Gasteiger charge is -2.22. The highest BCUT2D eigenvalue weighted by Crippen LogP contribution is 2.25. The zero-order valence-corrected chi connectivity index (χ0v) is 15.5. The van der Waals surface area contributed by atoms with Crippen LogP contribution in [-0.2, 0) is 9.53 Å². The number of hydrogen-bond donors (Lipinski definition) is 3. The van der Waals surface area contributed by atoms with E-state index in [-0.39, 0.29) is 6.54 Å². The molecule has 1 aromatic rings. The van der Waals surface area contributed by atoms with Crippen LogP contribution < -0.4 is 10.6 Å². The van der Waals surface area contributed by atoms with Crippen LogP contribution in [0.15, 0.2) is 18.2 Å². The number of aliphatic hydroxyl groups excluding tert-OH is 1. The molecule has 0 aliphatic heterocycles. The summed E-state index contributed by atoms with van der Waals surface area (Å²) in [7, 11) is 0. The van der Waals surface area contributed by atoms with Crippen LogP contribution in [0.1, 0.15) is 39.4 Å². The van der Waals surface area contributed by atoms with E-state index >= 15 is 0 Å². The van der Waals surface area contributed by atoms with E-state index in [2.05, 4.69) is 10.6 Å². The topological polar surface area (TPSA) is 87.7 Å². The van der Waals surface area contributed by atoms with Gasteiger partial charge in [-0.05, 0) is 39.8 Å². The van der Waals surface area contributed by atoms with Gasteiger partial charge in [-0.15, -0.1) is 0 Å². The molecule has 2 unspecified atom stereocenters. The lowest BCUT2D eigenvalue weighted by atomic mass is 10.1. The largest absolute Gasteiger partial charge is 0.444 e. The van der Waals surface area contributed by atoms with Crippen LogP contribution in [0.3, 0.4) is 0 Å². The van der Waals surface area contributed by atoms with Crippen LogP contribution in [0, 0.1) is 0 Å². The Morgan fingerprint density at radius 2 is 1.92 bits per heavy atom. The number of carbonyl (C=O) groups is 2. The third kappa shape index (κ3) is 6.95. The van der Waals surface area contributed by atoms with Crippen LogP contribution >= 0.6 is 23.2 Å². The first-order chi connectivity index (χ1) is 11.0. The Balaban J connectivity index is 2.51. The average Bonchev–Trinajstić information content (AvgIpc) is 2.42. The summed E-state index contributed by atoms with van der Waals surface area (Å²) in [5.41, 5.74) is -0.198. The molecule has 134 valence electrons. The second-order valence-electron chi connectivity index (χ2n) is 6.29. The maximum atomic E-state index is 12.0. The molecular formula is C16H22Cl2N2O4. The molecule has 2 atom stereocenters. The Morgan fingerprint density at radius 1 is 1.29 bits per heavy atom. The van der Waals surface area contributed by atoms with Crippen molar-refractivity contribution in [3.63, 3.8) is 0 Å². The van der Waals surface area contributed by atoms with Crippen LogP contribution in [0.2, 0.25) is 10.0 Å². The van der Waals surface area contributed by atoms with E-state index < -0.39 is 29.7 Å². The third-order valence-corrected chi connectivity index (χ3v) is 3.48. The number of ether oxygens (including phenoxy) is 1. The zero-order chi connectivity index (χ0) is 18.5. The van der Waals surface area contributed by atoms with E-state index in [0.717, 1.165) is 0 Å². The summed E-state index contributed by atoms with van der Waals surface area (Å²) in [6.45, 7) is 6.64. The molecule has 8 heteroatoms. The SMILES string of the molecule is CC(NC(=O)OC(C)(C)C)C(=O)NCC(O)c1ccc(Cl)cc1Cl. The summed E-state index contributed by atoms with van der Waals surface area (Å²) in [4.78, 5) is 23.6. The molecule has 0 fully saturated rings. The molecule has 6 nitrogen and oxygen atoms in total. The molecule has 0 radical (unpaired) electrons. The van der Waals surface area contributed by atoms with E-state index in [1.54, 1.807) is 32.9 Å². The molecule has 0 saturated heterocycles. The quantitative estimate of drug-likeness (QED) is 0.736.